The van der Waals surface area contributed by atoms with E-state index in [0.717, 1.165) is 0 Å². The van der Waals surface area contributed by atoms with Crippen molar-refractivity contribution in [2.75, 3.05) is 18.0 Å². The average molecular weight is 403 g/mol. The van der Waals surface area contributed by atoms with E-state index in [-0.39, 0.29) is 11.7 Å². The molecule has 0 saturated carbocycles. The second kappa shape index (κ2) is 7.67. The summed E-state index contributed by atoms with van der Waals surface area (Å²) in [6, 6.07) is 4.67. The van der Waals surface area contributed by atoms with Crippen LogP contribution in [0, 0.1) is 5.82 Å². The largest absolute Gasteiger partial charge is 0.471 e. The summed E-state index contributed by atoms with van der Waals surface area (Å²) in [6.07, 6.45) is -1.76. The van der Waals surface area contributed by atoms with Crippen LogP contribution >= 0.6 is 11.6 Å². The maximum atomic E-state index is 13.2. The summed E-state index contributed by atoms with van der Waals surface area (Å²) in [5.41, 5.74) is 0.653. The standard InChI is InChI=1S/C17H15ClF4N4O/c18-14-7-23-8-15(25-14)26-6-5-12(10-1-3-11(19)4-2-10)13(9-26)24-16(27)17(20,21)22/h1-4,7-8,12-13H,5-6,9H2,(H,24,27). The highest BCUT2D eigenvalue weighted by atomic mass is 35.5. The predicted octanol–water partition coefficient (Wildman–Crippen LogP) is 3.31. The number of carbonyl (C=O) groups excluding carboxylic acids is 1. The molecular weight excluding hydrogens is 388 g/mol. The molecule has 1 aliphatic heterocycles. The Hall–Kier alpha value is -2.42. The Bertz CT molecular complexity index is 815. The molecule has 1 aromatic carbocycles. The van der Waals surface area contributed by atoms with Crippen LogP contribution in [0.1, 0.15) is 17.9 Å². The summed E-state index contributed by atoms with van der Waals surface area (Å²) < 4.78 is 51.4. The molecule has 2 atom stereocenters. The van der Waals surface area contributed by atoms with E-state index in [0.29, 0.717) is 24.3 Å². The minimum atomic E-state index is -4.99. The van der Waals surface area contributed by atoms with Gasteiger partial charge in [0.25, 0.3) is 0 Å². The van der Waals surface area contributed by atoms with Crippen molar-refractivity contribution in [3.63, 3.8) is 0 Å². The van der Waals surface area contributed by atoms with Crippen molar-refractivity contribution in [3.05, 3.63) is 53.2 Å². The van der Waals surface area contributed by atoms with Crippen LogP contribution in [-0.4, -0.2) is 41.2 Å². The first-order valence-electron chi connectivity index (χ1n) is 8.09. The van der Waals surface area contributed by atoms with Gasteiger partial charge in [-0.1, -0.05) is 23.7 Å². The maximum Gasteiger partial charge on any atom is 0.471 e. The second-order valence-corrected chi connectivity index (χ2v) is 6.56. The van der Waals surface area contributed by atoms with Gasteiger partial charge in [0.1, 0.15) is 16.8 Å². The number of hydrogen-bond acceptors (Lipinski definition) is 4. The molecule has 1 N–H and O–H groups in total. The van der Waals surface area contributed by atoms with Gasteiger partial charge < -0.3 is 10.2 Å². The van der Waals surface area contributed by atoms with Crippen LogP contribution in [0.2, 0.25) is 5.15 Å². The fourth-order valence-corrected chi connectivity index (χ4v) is 3.29. The number of hydrogen-bond donors (Lipinski definition) is 1. The molecule has 2 aromatic rings. The fourth-order valence-electron chi connectivity index (χ4n) is 3.15. The van der Waals surface area contributed by atoms with Gasteiger partial charge in [0, 0.05) is 19.0 Å². The highest BCUT2D eigenvalue weighted by Gasteiger charge is 2.42. The molecule has 2 unspecified atom stereocenters. The SMILES string of the molecule is O=C(NC1CN(c2cncc(Cl)n2)CCC1c1ccc(F)cc1)C(F)(F)F. The highest BCUT2D eigenvalue weighted by molar-refractivity contribution is 6.29. The average Bonchev–Trinajstić information content (AvgIpc) is 2.62. The van der Waals surface area contributed by atoms with Gasteiger partial charge in [0.2, 0.25) is 0 Å². The van der Waals surface area contributed by atoms with E-state index in [1.807, 2.05) is 0 Å². The quantitative estimate of drug-likeness (QED) is 0.800. The highest BCUT2D eigenvalue weighted by Crippen LogP contribution is 2.31. The van der Waals surface area contributed by atoms with Crippen LogP contribution in [0.15, 0.2) is 36.7 Å². The first-order chi connectivity index (χ1) is 12.7. The van der Waals surface area contributed by atoms with E-state index in [1.165, 1.54) is 36.7 Å². The van der Waals surface area contributed by atoms with Crippen LogP contribution in [0.25, 0.3) is 0 Å². The van der Waals surface area contributed by atoms with Crippen LogP contribution in [0.5, 0.6) is 0 Å². The van der Waals surface area contributed by atoms with Gasteiger partial charge in [0.05, 0.1) is 18.4 Å². The molecule has 0 spiro atoms. The van der Waals surface area contributed by atoms with Crippen molar-refractivity contribution in [1.82, 2.24) is 15.3 Å². The zero-order valence-electron chi connectivity index (χ0n) is 13.9. The molecule has 0 bridgehead atoms. The van der Waals surface area contributed by atoms with Gasteiger partial charge in [-0.05, 0) is 24.1 Å². The molecule has 27 heavy (non-hydrogen) atoms. The number of aromatic nitrogens is 2. The number of nitrogens with zero attached hydrogens (tertiary/aromatic N) is 3. The molecule has 1 aliphatic rings. The Labute approximate surface area is 157 Å². The first-order valence-corrected chi connectivity index (χ1v) is 8.47. The smallest absolute Gasteiger partial charge is 0.353 e. The minimum absolute atomic E-state index is 0.0822. The molecule has 5 nitrogen and oxygen atoms in total. The van der Waals surface area contributed by atoms with Crippen molar-refractivity contribution >= 4 is 23.3 Å². The van der Waals surface area contributed by atoms with Crippen molar-refractivity contribution < 1.29 is 22.4 Å². The van der Waals surface area contributed by atoms with Gasteiger partial charge in [-0.15, -0.1) is 0 Å². The molecule has 0 aliphatic carbocycles. The van der Waals surface area contributed by atoms with Gasteiger partial charge in [-0.3, -0.25) is 9.78 Å². The third-order valence-corrected chi connectivity index (χ3v) is 4.58. The lowest BCUT2D eigenvalue weighted by Gasteiger charge is -2.39. The number of alkyl halides is 3. The van der Waals surface area contributed by atoms with Gasteiger partial charge in [-0.25, -0.2) is 9.37 Å². The molecule has 1 aromatic heterocycles. The third-order valence-electron chi connectivity index (χ3n) is 4.40. The van der Waals surface area contributed by atoms with E-state index in [4.69, 9.17) is 11.6 Å². The van der Waals surface area contributed by atoms with E-state index in [2.05, 4.69) is 15.3 Å². The zero-order chi connectivity index (χ0) is 19.6. The number of carbonyl (C=O) groups is 1. The van der Waals surface area contributed by atoms with E-state index in [1.54, 1.807) is 4.90 Å². The number of amides is 1. The fraction of sp³-hybridized carbons (Fsp3) is 0.353. The van der Waals surface area contributed by atoms with E-state index in [9.17, 15) is 22.4 Å². The molecule has 144 valence electrons. The van der Waals surface area contributed by atoms with Crippen molar-refractivity contribution in [3.8, 4) is 0 Å². The molecular formula is C17H15ClF4N4O. The molecule has 3 rings (SSSR count). The Kier molecular flexibility index (Phi) is 5.50. The number of nitrogens with one attached hydrogen (secondary N) is 1. The Balaban J connectivity index is 1.85. The number of piperidine rings is 1. The van der Waals surface area contributed by atoms with Crippen molar-refractivity contribution in [1.29, 1.82) is 0 Å². The molecule has 1 amide bonds. The molecule has 1 saturated heterocycles. The lowest BCUT2D eigenvalue weighted by Crippen LogP contribution is -2.54. The zero-order valence-corrected chi connectivity index (χ0v) is 14.6. The topological polar surface area (TPSA) is 58.1 Å². The van der Waals surface area contributed by atoms with Crippen LogP contribution in [0.3, 0.4) is 0 Å². The van der Waals surface area contributed by atoms with Crippen molar-refractivity contribution in [2.24, 2.45) is 0 Å². The van der Waals surface area contributed by atoms with Crippen LogP contribution in [-0.2, 0) is 4.79 Å². The van der Waals surface area contributed by atoms with Crippen molar-refractivity contribution in [2.45, 2.75) is 24.6 Å². The molecule has 2 heterocycles. The Morgan fingerprint density at radius 1 is 1.22 bits per heavy atom. The number of anilines is 1. The third kappa shape index (κ3) is 4.65. The lowest BCUT2D eigenvalue weighted by molar-refractivity contribution is -0.174. The lowest BCUT2D eigenvalue weighted by atomic mass is 9.85. The van der Waals surface area contributed by atoms with E-state index >= 15 is 0 Å². The summed E-state index contributed by atoms with van der Waals surface area (Å²) in [5, 5.41) is 2.21. The maximum absolute atomic E-state index is 13.2. The molecule has 0 radical (unpaired) electrons. The monoisotopic (exact) mass is 402 g/mol. The van der Waals surface area contributed by atoms with Gasteiger partial charge >= 0.3 is 12.1 Å². The normalized spacial score (nSPS) is 20.4. The Morgan fingerprint density at radius 3 is 2.56 bits per heavy atom. The summed E-state index contributed by atoms with van der Waals surface area (Å²) >= 11 is 5.83. The summed E-state index contributed by atoms with van der Waals surface area (Å²) in [6.45, 7) is 0.550. The first kappa shape index (κ1) is 19.3. The molecule has 10 heteroatoms. The predicted molar refractivity (Wildman–Crippen MR) is 91.0 cm³/mol. The summed E-state index contributed by atoms with van der Waals surface area (Å²) in [7, 11) is 0. The van der Waals surface area contributed by atoms with Gasteiger partial charge in [0.15, 0.2) is 0 Å². The summed E-state index contributed by atoms with van der Waals surface area (Å²) in [4.78, 5) is 21.2. The minimum Gasteiger partial charge on any atom is -0.353 e. The molecule has 1 fully saturated rings. The van der Waals surface area contributed by atoms with Gasteiger partial charge in [-0.2, -0.15) is 13.2 Å². The Morgan fingerprint density at radius 2 is 1.93 bits per heavy atom. The number of halogens is 5. The second-order valence-electron chi connectivity index (χ2n) is 6.17. The van der Waals surface area contributed by atoms with E-state index < -0.39 is 29.9 Å². The van der Waals surface area contributed by atoms with Crippen LogP contribution < -0.4 is 10.2 Å². The summed E-state index contributed by atoms with van der Waals surface area (Å²) in [5.74, 6) is -2.45. The number of benzene rings is 1. The van der Waals surface area contributed by atoms with Crippen LogP contribution in [0.4, 0.5) is 23.4 Å². The number of rotatable bonds is 3.